The predicted octanol–water partition coefficient (Wildman–Crippen LogP) is 5.69. The van der Waals surface area contributed by atoms with Gasteiger partial charge in [-0.2, -0.15) is 0 Å². The number of carbonyl (C=O) groups excluding carboxylic acids is 2. The van der Waals surface area contributed by atoms with E-state index in [9.17, 15) is 9.59 Å². The van der Waals surface area contributed by atoms with E-state index in [0.717, 1.165) is 5.39 Å². The van der Waals surface area contributed by atoms with E-state index in [1.54, 1.807) is 60.7 Å². The van der Waals surface area contributed by atoms with Crippen molar-refractivity contribution in [1.29, 1.82) is 0 Å². The molecule has 0 aliphatic heterocycles. The molecule has 0 saturated heterocycles. The minimum absolute atomic E-state index is 0.0263. The Kier molecular flexibility index (Phi) is 4.84. The van der Waals surface area contributed by atoms with Crippen molar-refractivity contribution in [2.45, 2.75) is 0 Å². The summed E-state index contributed by atoms with van der Waals surface area (Å²) in [5.74, 6) is -0.399. The summed E-state index contributed by atoms with van der Waals surface area (Å²) in [7, 11) is 1.52. The number of amides is 2. The average Bonchev–Trinajstić information content (AvgIpc) is 3.41. The summed E-state index contributed by atoms with van der Waals surface area (Å²) in [6.45, 7) is 0. The Balaban J connectivity index is 1.51. The van der Waals surface area contributed by atoms with Crippen LogP contribution in [0.5, 0.6) is 5.75 Å². The van der Waals surface area contributed by atoms with E-state index in [1.807, 2.05) is 18.2 Å². The van der Waals surface area contributed by atoms with Gasteiger partial charge in [-0.15, -0.1) is 0 Å². The summed E-state index contributed by atoms with van der Waals surface area (Å²) in [5, 5.41) is 6.98. The Morgan fingerprint density at radius 3 is 2.31 bits per heavy atom. The SMILES string of the molecule is COc1ccccc1NC(=O)c1oc2ccccc2c1NC(=O)c1cc2ccccc2o1. The molecule has 2 aromatic heterocycles. The van der Waals surface area contributed by atoms with Crippen LogP contribution in [-0.2, 0) is 0 Å². The Bertz CT molecular complexity index is 1430. The summed E-state index contributed by atoms with van der Waals surface area (Å²) in [6.07, 6.45) is 0. The van der Waals surface area contributed by atoms with Crippen LogP contribution in [0.3, 0.4) is 0 Å². The van der Waals surface area contributed by atoms with Gasteiger partial charge in [0.25, 0.3) is 11.8 Å². The summed E-state index contributed by atoms with van der Waals surface area (Å²) >= 11 is 0. The normalized spacial score (nSPS) is 10.9. The molecule has 3 aromatic carbocycles. The molecule has 2 N–H and O–H groups in total. The fourth-order valence-corrected chi connectivity index (χ4v) is 3.53. The Hall–Kier alpha value is -4.52. The fourth-order valence-electron chi connectivity index (χ4n) is 3.53. The molecule has 0 atom stereocenters. The number of furan rings is 2. The minimum atomic E-state index is -0.523. The van der Waals surface area contributed by atoms with E-state index in [4.69, 9.17) is 13.6 Å². The van der Waals surface area contributed by atoms with Gasteiger partial charge in [-0.1, -0.05) is 42.5 Å². The quantitative estimate of drug-likeness (QED) is 0.376. The van der Waals surface area contributed by atoms with Crippen molar-refractivity contribution in [3.8, 4) is 5.75 Å². The molecule has 7 nitrogen and oxygen atoms in total. The molecule has 2 amide bonds. The van der Waals surface area contributed by atoms with Crippen LogP contribution in [0.4, 0.5) is 11.4 Å². The zero-order valence-corrected chi connectivity index (χ0v) is 17.0. The van der Waals surface area contributed by atoms with E-state index >= 15 is 0 Å². The van der Waals surface area contributed by atoms with Gasteiger partial charge in [0.1, 0.15) is 22.6 Å². The lowest BCUT2D eigenvalue weighted by atomic mass is 10.2. The lowest BCUT2D eigenvalue weighted by Crippen LogP contribution is -2.17. The zero-order valence-electron chi connectivity index (χ0n) is 17.0. The predicted molar refractivity (Wildman–Crippen MR) is 121 cm³/mol. The fraction of sp³-hybridized carbons (Fsp3) is 0.0400. The van der Waals surface area contributed by atoms with Crippen molar-refractivity contribution in [3.05, 3.63) is 90.4 Å². The number of hydrogen-bond donors (Lipinski definition) is 2. The van der Waals surface area contributed by atoms with Crippen LogP contribution >= 0.6 is 0 Å². The van der Waals surface area contributed by atoms with E-state index in [2.05, 4.69) is 10.6 Å². The highest BCUT2D eigenvalue weighted by atomic mass is 16.5. The molecular formula is C25H18N2O5. The van der Waals surface area contributed by atoms with E-state index in [1.165, 1.54) is 7.11 Å². The topological polar surface area (TPSA) is 93.7 Å². The number of rotatable bonds is 5. The number of anilines is 2. The molecule has 5 aromatic rings. The molecule has 158 valence electrons. The number of ether oxygens (including phenoxy) is 1. The summed E-state index contributed by atoms with van der Waals surface area (Å²) < 4.78 is 16.8. The van der Waals surface area contributed by atoms with Gasteiger partial charge in [-0.25, -0.2) is 0 Å². The second-order valence-electron chi connectivity index (χ2n) is 7.06. The highest BCUT2D eigenvalue weighted by Gasteiger charge is 2.24. The first-order valence-electron chi connectivity index (χ1n) is 9.90. The van der Waals surface area contributed by atoms with Crippen LogP contribution in [0, 0.1) is 0 Å². The highest BCUT2D eigenvalue weighted by Crippen LogP contribution is 2.33. The van der Waals surface area contributed by atoms with E-state index < -0.39 is 11.8 Å². The molecule has 2 heterocycles. The lowest BCUT2D eigenvalue weighted by molar-refractivity contribution is 0.0997. The number of benzene rings is 3. The second kappa shape index (κ2) is 7.96. The smallest absolute Gasteiger partial charge is 0.293 e. The minimum Gasteiger partial charge on any atom is -0.495 e. The summed E-state index contributed by atoms with van der Waals surface area (Å²) in [5.41, 5.74) is 1.81. The molecule has 0 aliphatic carbocycles. The van der Waals surface area contributed by atoms with Crippen molar-refractivity contribution in [3.63, 3.8) is 0 Å². The van der Waals surface area contributed by atoms with Crippen LogP contribution in [0.15, 0.2) is 87.7 Å². The molecular weight excluding hydrogens is 408 g/mol. The third-order valence-electron chi connectivity index (χ3n) is 5.04. The largest absolute Gasteiger partial charge is 0.495 e. The maximum absolute atomic E-state index is 13.1. The number of methoxy groups -OCH3 is 1. The van der Waals surface area contributed by atoms with Gasteiger partial charge in [0, 0.05) is 10.8 Å². The standard InChI is InChI=1S/C25H18N2O5/c1-30-20-13-7-4-10-17(20)26-25(29)23-22(16-9-3-6-12-19(16)32-23)27-24(28)21-14-15-8-2-5-11-18(15)31-21/h2-14H,1H3,(H,26,29)(H,27,28). The first-order chi connectivity index (χ1) is 15.6. The molecule has 0 radical (unpaired) electrons. The average molecular weight is 426 g/mol. The molecule has 0 bridgehead atoms. The third kappa shape index (κ3) is 3.45. The molecule has 32 heavy (non-hydrogen) atoms. The van der Waals surface area contributed by atoms with Gasteiger partial charge < -0.3 is 24.2 Å². The number of nitrogens with one attached hydrogen (secondary N) is 2. The molecule has 0 aliphatic rings. The molecule has 7 heteroatoms. The van der Waals surface area contributed by atoms with Crippen LogP contribution in [-0.4, -0.2) is 18.9 Å². The molecule has 0 saturated carbocycles. The van der Waals surface area contributed by atoms with Crippen LogP contribution in [0.2, 0.25) is 0 Å². The summed E-state index contributed by atoms with van der Waals surface area (Å²) in [6, 6.07) is 23.1. The molecule has 5 rings (SSSR count). The van der Waals surface area contributed by atoms with E-state index in [0.29, 0.717) is 28.0 Å². The van der Waals surface area contributed by atoms with Gasteiger partial charge in [0.15, 0.2) is 5.76 Å². The van der Waals surface area contributed by atoms with Crippen molar-refractivity contribution < 1.29 is 23.2 Å². The van der Waals surface area contributed by atoms with Crippen molar-refractivity contribution in [1.82, 2.24) is 0 Å². The van der Waals surface area contributed by atoms with Gasteiger partial charge >= 0.3 is 0 Å². The number of para-hydroxylation sites is 4. The molecule has 0 unspecified atom stereocenters. The van der Waals surface area contributed by atoms with E-state index in [-0.39, 0.29) is 17.2 Å². The Labute approximate surface area is 182 Å². The van der Waals surface area contributed by atoms with Crippen molar-refractivity contribution in [2.75, 3.05) is 17.7 Å². The summed E-state index contributed by atoms with van der Waals surface area (Å²) in [4.78, 5) is 26.1. The van der Waals surface area contributed by atoms with Crippen LogP contribution < -0.4 is 15.4 Å². The number of hydrogen-bond acceptors (Lipinski definition) is 5. The highest BCUT2D eigenvalue weighted by molar-refractivity contribution is 6.17. The van der Waals surface area contributed by atoms with Crippen LogP contribution in [0.25, 0.3) is 21.9 Å². The Morgan fingerprint density at radius 1 is 0.781 bits per heavy atom. The van der Waals surface area contributed by atoms with Gasteiger partial charge in [-0.05, 0) is 36.4 Å². The van der Waals surface area contributed by atoms with Gasteiger partial charge in [0.05, 0.1) is 12.8 Å². The number of carbonyl (C=O) groups is 2. The zero-order chi connectivity index (χ0) is 22.1. The number of fused-ring (bicyclic) bond motifs is 2. The van der Waals surface area contributed by atoms with Crippen molar-refractivity contribution in [2.24, 2.45) is 0 Å². The van der Waals surface area contributed by atoms with Gasteiger partial charge in [0.2, 0.25) is 5.76 Å². The van der Waals surface area contributed by atoms with Crippen molar-refractivity contribution >= 4 is 45.1 Å². The maximum atomic E-state index is 13.1. The first kappa shape index (κ1) is 19.4. The molecule has 0 spiro atoms. The first-order valence-corrected chi connectivity index (χ1v) is 9.90. The monoisotopic (exact) mass is 426 g/mol. The second-order valence-corrected chi connectivity index (χ2v) is 7.06. The van der Waals surface area contributed by atoms with Crippen LogP contribution in [0.1, 0.15) is 21.1 Å². The maximum Gasteiger partial charge on any atom is 0.293 e. The third-order valence-corrected chi connectivity index (χ3v) is 5.04. The lowest BCUT2D eigenvalue weighted by Gasteiger charge is -2.09. The van der Waals surface area contributed by atoms with Gasteiger partial charge in [-0.3, -0.25) is 9.59 Å². The molecule has 0 fully saturated rings. The Morgan fingerprint density at radius 2 is 1.50 bits per heavy atom.